The Morgan fingerprint density at radius 3 is 3.07 bits per heavy atom. The molecule has 1 unspecified atom stereocenters. The van der Waals surface area contributed by atoms with Gasteiger partial charge in [0.2, 0.25) is 0 Å². The van der Waals surface area contributed by atoms with Crippen LogP contribution in [0.2, 0.25) is 0 Å². The van der Waals surface area contributed by atoms with Crippen molar-refractivity contribution < 1.29 is 0 Å². The Balaban J connectivity index is 1.77. The second-order valence-electron chi connectivity index (χ2n) is 4.55. The summed E-state index contributed by atoms with van der Waals surface area (Å²) in [5, 5.41) is 3.49. The fourth-order valence-electron chi connectivity index (χ4n) is 2.52. The zero-order valence-electron chi connectivity index (χ0n) is 9.34. The third-order valence-corrected chi connectivity index (χ3v) is 3.47. The van der Waals surface area contributed by atoms with Crippen molar-refractivity contribution in [3.05, 3.63) is 0 Å². The van der Waals surface area contributed by atoms with Gasteiger partial charge in [-0.15, -0.1) is 0 Å². The van der Waals surface area contributed by atoms with E-state index in [4.69, 9.17) is 0 Å². The summed E-state index contributed by atoms with van der Waals surface area (Å²) in [6.45, 7) is 11.1. The molecular weight excluding hydrogens is 174 g/mol. The summed E-state index contributed by atoms with van der Waals surface area (Å²) in [7, 11) is 0. The molecule has 2 fully saturated rings. The number of hydrogen-bond donors (Lipinski definition) is 1. The Morgan fingerprint density at radius 2 is 2.21 bits per heavy atom. The summed E-state index contributed by atoms with van der Waals surface area (Å²) in [6, 6.07) is 0.786. The van der Waals surface area contributed by atoms with Crippen molar-refractivity contribution >= 4 is 0 Å². The highest BCUT2D eigenvalue weighted by molar-refractivity contribution is 4.86. The summed E-state index contributed by atoms with van der Waals surface area (Å²) in [6.07, 6.45) is 2.68. The molecule has 0 aromatic carbocycles. The first-order chi connectivity index (χ1) is 6.90. The van der Waals surface area contributed by atoms with Crippen molar-refractivity contribution in [1.29, 1.82) is 0 Å². The average Bonchev–Trinajstić information content (AvgIpc) is 2.26. The van der Waals surface area contributed by atoms with Crippen LogP contribution in [0.3, 0.4) is 0 Å². The lowest BCUT2D eigenvalue weighted by molar-refractivity contribution is 0.0574. The van der Waals surface area contributed by atoms with Crippen LogP contribution in [0.25, 0.3) is 0 Å². The highest BCUT2D eigenvalue weighted by Crippen LogP contribution is 2.11. The standard InChI is InChI=1S/C11H23N3/c1-2-3-5-13-7-8-14-6-4-12-9-11(14)10-13/h11-12H,2-10H2,1H3. The van der Waals surface area contributed by atoms with Gasteiger partial charge in [-0.25, -0.2) is 0 Å². The van der Waals surface area contributed by atoms with E-state index in [-0.39, 0.29) is 0 Å². The van der Waals surface area contributed by atoms with Crippen LogP contribution in [0.4, 0.5) is 0 Å². The summed E-state index contributed by atoms with van der Waals surface area (Å²) in [5.41, 5.74) is 0. The molecular formula is C11H23N3. The number of piperazine rings is 2. The quantitative estimate of drug-likeness (QED) is 0.705. The molecule has 2 rings (SSSR count). The molecule has 1 atom stereocenters. The van der Waals surface area contributed by atoms with E-state index in [2.05, 4.69) is 22.0 Å². The number of fused-ring (bicyclic) bond motifs is 1. The highest BCUT2D eigenvalue weighted by Gasteiger charge is 2.27. The molecule has 2 heterocycles. The predicted molar refractivity (Wildman–Crippen MR) is 59.6 cm³/mol. The second-order valence-corrected chi connectivity index (χ2v) is 4.55. The maximum atomic E-state index is 3.49. The van der Waals surface area contributed by atoms with Crippen LogP contribution in [0.5, 0.6) is 0 Å². The second kappa shape index (κ2) is 5.10. The minimum atomic E-state index is 0.786. The lowest BCUT2D eigenvalue weighted by Gasteiger charge is -2.44. The molecule has 0 saturated carbocycles. The summed E-state index contributed by atoms with van der Waals surface area (Å²) in [4.78, 5) is 5.29. The molecule has 0 aliphatic carbocycles. The maximum Gasteiger partial charge on any atom is 0.0348 e. The van der Waals surface area contributed by atoms with Gasteiger partial charge in [0.25, 0.3) is 0 Å². The minimum Gasteiger partial charge on any atom is -0.314 e. The lowest BCUT2D eigenvalue weighted by Crippen LogP contribution is -2.61. The van der Waals surface area contributed by atoms with Gasteiger partial charge >= 0.3 is 0 Å². The van der Waals surface area contributed by atoms with Crippen molar-refractivity contribution in [2.75, 3.05) is 45.8 Å². The normalized spacial score (nSPS) is 30.2. The van der Waals surface area contributed by atoms with Gasteiger partial charge in [-0.3, -0.25) is 4.90 Å². The number of nitrogens with one attached hydrogen (secondary N) is 1. The van der Waals surface area contributed by atoms with Crippen molar-refractivity contribution in [3.63, 3.8) is 0 Å². The summed E-state index contributed by atoms with van der Waals surface area (Å²) in [5.74, 6) is 0. The first-order valence-electron chi connectivity index (χ1n) is 6.07. The SMILES string of the molecule is CCCCN1CCN2CCNCC2C1. The molecule has 82 valence electrons. The smallest absolute Gasteiger partial charge is 0.0348 e. The molecule has 2 saturated heterocycles. The highest BCUT2D eigenvalue weighted by atomic mass is 15.3. The van der Waals surface area contributed by atoms with Crippen LogP contribution in [0.1, 0.15) is 19.8 Å². The summed E-state index contributed by atoms with van der Waals surface area (Å²) < 4.78 is 0. The van der Waals surface area contributed by atoms with E-state index in [9.17, 15) is 0 Å². The van der Waals surface area contributed by atoms with Gasteiger partial charge in [-0.2, -0.15) is 0 Å². The Bertz CT molecular complexity index is 172. The molecule has 0 spiro atoms. The fraction of sp³-hybridized carbons (Fsp3) is 1.00. The molecule has 0 aromatic rings. The largest absolute Gasteiger partial charge is 0.314 e. The van der Waals surface area contributed by atoms with E-state index in [0.717, 1.165) is 6.04 Å². The van der Waals surface area contributed by atoms with Gasteiger partial charge in [-0.05, 0) is 13.0 Å². The van der Waals surface area contributed by atoms with Gasteiger partial charge in [0.15, 0.2) is 0 Å². The van der Waals surface area contributed by atoms with Crippen molar-refractivity contribution in [1.82, 2.24) is 15.1 Å². The predicted octanol–water partition coefficient (Wildman–Crippen LogP) is 0.376. The monoisotopic (exact) mass is 197 g/mol. The van der Waals surface area contributed by atoms with E-state index in [1.807, 2.05) is 0 Å². The molecule has 14 heavy (non-hydrogen) atoms. The number of unbranched alkanes of at least 4 members (excludes halogenated alkanes) is 1. The van der Waals surface area contributed by atoms with Gasteiger partial charge in [-0.1, -0.05) is 13.3 Å². The third kappa shape index (κ3) is 2.47. The van der Waals surface area contributed by atoms with E-state index in [0.29, 0.717) is 0 Å². The van der Waals surface area contributed by atoms with E-state index in [1.54, 1.807) is 0 Å². The molecule has 0 aromatic heterocycles. The van der Waals surface area contributed by atoms with Gasteiger partial charge in [0, 0.05) is 45.3 Å². The summed E-state index contributed by atoms with van der Waals surface area (Å²) >= 11 is 0. The Kier molecular flexibility index (Phi) is 3.79. The third-order valence-electron chi connectivity index (χ3n) is 3.47. The number of nitrogens with zero attached hydrogens (tertiary/aromatic N) is 2. The van der Waals surface area contributed by atoms with Crippen molar-refractivity contribution in [2.24, 2.45) is 0 Å². The van der Waals surface area contributed by atoms with Crippen LogP contribution < -0.4 is 5.32 Å². The molecule has 0 amide bonds. The zero-order valence-corrected chi connectivity index (χ0v) is 9.34. The topological polar surface area (TPSA) is 18.5 Å². The lowest BCUT2D eigenvalue weighted by atomic mass is 10.1. The molecule has 3 nitrogen and oxygen atoms in total. The Morgan fingerprint density at radius 1 is 1.29 bits per heavy atom. The van der Waals surface area contributed by atoms with E-state index in [1.165, 1.54) is 58.7 Å². The molecule has 2 aliphatic heterocycles. The Labute approximate surface area is 87.4 Å². The first kappa shape index (κ1) is 10.4. The van der Waals surface area contributed by atoms with Crippen molar-refractivity contribution in [2.45, 2.75) is 25.8 Å². The molecule has 1 N–H and O–H groups in total. The average molecular weight is 197 g/mol. The van der Waals surface area contributed by atoms with Gasteiger partial charge in [0.05, 0.1) is 0 Å². The number of hydrogen-bond acceptors (Lipinski definition) is 3. The van der Waals surface area contributed by atoms with Crippen LogP contribution >= 0.6 is 0 Å². The van der Waals surface area contributed by atoms with E-state index >= 15 is 0 Å². The molecule has 0 radical (unpaired) electrons. The maximum absolute atomic E-state index is 3.49. The van der Waals surface area contributed by atoms with Crippen LogP contribution in [-0.4, -0.2) is 61.7 Å². The van der Waals surface area contributed by atoms with Crippen LogP contribution in [0, 0.1) is 0 Å². The van der Waals surface area contributed by atoms with Crippen LogP contribution in [0.15, 0.2) is 0 Å². The van der Waals surface area contributed by atoms with Crippen molar-refractivity contribution in [3.8, 4) is 0 Å². The molecule has 2 aliphatic rings. The Hall–Kier alpha value is -0.120. The molecule has 3 heteroatoms. The van der Waals surface area contributed by atoms with Crippen LogP contribution in [-0.2, 0) is 0 Å². The zero-order chi connectivity index (χ0) is 9.80. The molecule has 0 bridgehead atoms. The number of rotatable bonds is 3. The first-order valence-corrected chi connectivity index (χ1v) is 6.07. The van der Waals surface area contributed by atoms with Gasteiger partial charge in [0.1, 0.15) is 0 Å². The van der Waals surface area contributed by atoms with E-state index < -0.39 is 0 Å². The van der Waals surface area contributed by atoms with Gasteiger partial charge < -0.3 is 10.2 Å². The fourth-order valence-corrected chi connectivity index (χ4v) is 2.52. The minimum absolute atomic E-state index is 0.786.